The van der Waals surface area contributed by atoms with E-state index in [9.17, 15) is 18.8 Å². The van der Waals surface area contributed by atoms with E-state index in [0.717, 1.165) is 12.8 Å². The molecular formula is C22H22FN7O3. The van der Waals surface area contributed by atoms with Crippen LogP contribution in [0.15, 0.2) is 36.8 Å². The van der Waals surface area contributed by atoms with Crippen LogP contribution in [0.1, 0.15) is 25.7 Å². The number of hydrogen-bond donors (Lipinski definition) is 3. The van der Waals surface area contributed by atoms with Crippen molar-refractivity contribution in [2.45, 2.75) is 31.7 Å². The standard InChI is InChI=1S/C22H22FN7O3/c23-16-4-3-13(26-22(33)29-7-1-2-8-29)9-15(16)18-12-30-11-14(10-24-21(30)28-18)25-20(32)17-5-6-19(31)27-17/h3-4,9-12,17H,1-2,5-8H2,(H,25,32)(H,26,33)(H,27,31). The fourth-order valence-electron chi connectivity index (χ4n) is 4.04. The molecule has 0 saturated carbocycles. The summed E-state index contributed by atoms with van der Waals surface area (Å²) in [5.74, 6) is -0.634. The molecule has 1 aromatic carbocycles. The number of halogens is 1. The van der Waals surface area contributed by atoms with Gasteiger partial charge in [-0.2, -0.15) is 0 Å². The second kappa shape index (κ2) is 8.49. The summed E-state index contributed by atoms with van der Waals surface area (Å²) in [5.41, 5.74) is 1.45. The van der Waals surface area contributed by atoms with Crippen LogP contribution in [0.3, 0.4) is 0 Å². The number of benzene rings is 1. The lowest BCUT2D eigenvalue weighted by molar-refractivity contribution is -0.122. The van der Waals surface area contributed by atoms with Gasteiger partial charge in [-0.15, -0.1) is 0 Å². The van der Waals surface area contributed by atoms with Crippen LogP contribution in [-0.2, 0) is 9.59 Å². The van der Waals surface area contributed by atoms with Crippen molar-refractivity contribution < 1.29 is 18.8 Å². The fraction of sp³-hybridized carbons (Fsp3) is 0.318. The van der Waals surface area contributed by atoms with E-state index in [4.69, 9.17) is 0 Å². The maximum atomic E-state index is 14.6. The molecule has 0 spiro atoms. The van der Waals surface area contributed by atoms with Crippen LogP contribution in [0.2, 0.25) is 0 Å². The highest BCUT2D eigenvalue weighted by molar-refractivity contribution is 5.98. The maximum Gasteiger partial charge on any atom is 0.321 e. The number of aromatic nitrogens is 3. The number of carbonyl (C=O) groups excluding carboxylic acids is 3. The average molecular weight is 451 g/mol. The van der Waals surface area contributed by atoms with Gasteiger partial charge in [0.25, 0.3) is 0 Å². The zero-order valence-electron chi connectivity index (χ0n) is 17.7. The number of nitrogens with zero attached hydrogens (tertiary/aromatic N) is 4. The number of urea groups is 1. The first-order valence-electron chi connectivity index (χ1n) is 10.8. The number of amides is 4. The van der Waals surface area contributed by atoms with E-state index < -0.39 is 11.9 Å². The molecule has 2 aromatic heterocycles. The lowest BCUT2D eigenvalue weighted by atomic mass is 10.1. The summed E-state index contributed by atoms with van der Waals surface area (Å²) in [4.78, 5) is 46.3. The molecule has 3 N–H and O–H groups in total. The molecule has 0 bridgehead atoms. The minimum absolute atomic E-state index is 0.149. The largest absolute Gasteiger partial charge is 0.344 e. The Morgan fingerprint density at radius 1 is 1.12 bits per heavy atom. The molecule has 0 aliphatic carbocycles. The monoisotopic (exact) mass is 451 g/mol. The van der Waals surface area contributed by atoms with Crippen LogP contribution in [0.4, 0.5) is 20.6 Å². The first-order chi connectivity index (χ1) is 16.0. The average Bonchev–Trinajstić information content (AvgIpc) is 3.55. The molecule has 2 saturated heterocycles. The Bertz CT molecular complexity index is 1250. The normalized spacial score (nSPS) is 17.9. The Kier molecular flexibility index (Phi) is 5.37. The lowest BCUT2D eigenvalue weighted by Gasteiger charge is -2.16. The molecule has 0 radical (unpaired) electrons. The fourth-order valence-corrected chi connectivity index (χ4v) is 4.04. The van der Waals surface area contributed by atoms with Gasteiger partial charge in [0.1, 0.15) is 11.9 Å². The van der Waals surface area contributed by atoms with Gasteiger partial charge in [0.15, 0.2) is 0 Å². The van der Waals surface area contributed by atoms with E-state index >= 15 is 0 Å². The molecule has 10 nitrogen and oxygen atoms in total. The number of likely N-dealkylation sites (tertiary alicyclic amines) is 1. The number of anilines is 2. The lowest BCUT2D eigenvalue weighted by Crippen LogP contribution is -2.37. The molecule has 2 aliphatic rings. The van der Waals surface area contributed by atoms with E-state index in [1.165, 1.54) is 24.4 Å². The van der Waals surface area contributed by atoms with Crippen LogP contribution < -0.4 is 16.0 Å². The van der Waals surface area contributed by atoms with Crippen molar-refractivity contribution in [3.05, 3.63) is 42.6 Å². The second-order valence-corrected chi connectivity index (χ2v) is 8.14. The first kappa shape index (κ1) is 20.9. The highest BCUT2D eigenvalue weighted by Crippen LogP contribution is 2.26. The van der Waals surface area contributed by atoms with Crippen molar-refractivity contribution in [3.63, 3.8) is 0 Å². The van der Waals surface area contributed by atoms with Crippen LogP contribution in [-0.4, -0.2) is 56.2 Å². The highest BCUT2D eigenvalue weighted by atomic mass is 19.1. The Labute approximate surface area is 188 Å². The van der Waals surface area contributed by atoms with E-state index in [0.29, 0.717) is 48.8 Å². The van der Waals surface area contributed by atoms with Crippen LogP contribution in [0.25, 0.3) is 17.0 Å². The molecule has 3 aromatic rings. The van der Waals surface area contributed by atoms with Gasteiger partial charge < -0.3 is 20.9 Å². The third-order valence-corrected chi connectivity index (χ3v) is 5.78. The summed E-state index contributed by atoms with van der Waals surface area (Å²) in [6, 6.07) is 3.56. The summed E-state index contributed by atoms with van der Waals surface area (Å²) < 4.78 is 16.2. The van der Waals surface area contributed by atoms with E-state index in [2.05, 4.69) is 25.9 Å². The zero-order valence-corrected chi connectivity index (χ0v) is 17.7. The number of carbonyl (C=O) groups is 3. The summed E-state index contributed by atoms with van der Waals surface area (Å²) in [6.07, 6.45) is 7.39. The Hall–Kier alpha value is -4.02. The summed E-state index contributed by atoms with van der Waals surface area (Å²) in [5, 5.41) is 8.15. The van der Waals surface area contributed by atoms with Gasteiger partial charge in [-0.25, -0.2) is 19.2 Å². The molecule has 4 heterocycles. The molecule has 1 unspecified atom stereocenters. The Balaban J connectivity index is 1.35. The predicted octanol–water partition coefficient (Wildman–Crippen LogP) is 2.38. The quantitative estimate of drug-likeness (QED) is 0.563. The van der Waals surface area contributed by atoms with Gasteiger partial charge in [0.05, 0.1) is 17.6 Å². The summed E-state index contributed by atoms with van der Waals surface area (Å²) in [6.45, 7) is 1.42. The minimum atomic E-state index is -0.570. The molecule has 33 heavy (non-hydrogen) atoms. The van der Waals surface area contributed by atoms with Crippen LogP contribution in [0.5, 0.6) is 0 Å². The third kappa shape index (κ3) is 4.34. The second-order valence-electron chi connectivity index (χ2n) is 8.14. The highest BCUT2D eigenvalue weighted by Gasteiger charge is 2.27. The Morgan fingerprint density at radius 3 is 2.70 bits per heavy atom. The van der Waals surface area contributed by atoms with Gasteiger partial charge in [0.2, 0.25) is 17.6 Å². The third-order valence-electron chi connectivity index (χ3n) is 5.78. The molecule has 1 atom stereocenters. The van der Waals surface area contributed by atoms with Crippen molar-refractivity contribution in [3.8, 4) is 11.3 Å². The number of fused-ring (bicyclic) bond motifs is 1. The number of nitrogens with one attached hydrogen (secondary N) is 3. The van der Waals surface area contributed by atoms with Crippen molar-refractivity contribution in [1.82, 2.24) is 24.6 Å². The molecule has 2 fully saturated rings. The van der Waals surface area contributed by atoms with E-state index in [1.807, 2.05) is 0 Å². The van der Waals surface area contributed by atoms with Crippen molar-refractivity contribution in [1.29, 1.82) is 0 Å². The topological polar surface area (TPSA) is 121 Å². The maximum absolute atomic E-state index is 14.6. The first-order valence-corrected chi connectivity index (χ1v) is 10.8. The van der Waals surface area contributed by atoms with Crippen LogP contribution in [0, 0.1) is 5.82 Å². The van der Waals surface area contributed by atoms with E-state index in [1.54, 1.807) is 21.7 Å². The minimum Gasteiger partial charge on any atom is -0.344 e. The predicted molar refractivity (Wildman–Crippen MR) is 118 cm³/mol. The number of rotatable bonds is 4. The SMILES string of the molecule is O=C1CCC(C(=O)Nc2cnc3nc(-c4cc(NC(=O)N5CCCC5)ccc4F)cn3c2)N1. The summed E-state index contributed by atoms with van der Waals surface area (Å²) >= 11 is 0. The molecule has 5 rings (SSSR count). The Morgan fingerprint density at radius 2 is 1.94 bits per heavy atom. The molecular weight excluding hydrogens is 429 g/mol. The van der Waals surface area contributed by atoms with Gasteiger partial charge in [-0.05, 0) is 37.5 Å². The van der Waals surface area contributed by atoms with Gasteiger partial charge in [-0.3, -0.25) is 14.0 Å². The molecule has 170 valence electrons. The number of hydrogen-bond acceptors (Lipinski definition) is 5. The molecule has 11 heteroatoms. The zero-order chi connectivity index (χ0) is 22.9. The van der Waals surface area contributed by atoms with Gasteiger partial charge in [0, 0.05) is 43.2 Å². The summed E-state index contributed by atoms with van der Waals surface area (Å²) in [7, 11) is 0. The molecule has 2 aliphatic heterocycles. The van der Waals surface area contributed by atoms with Crippen molar-refractivity contribution in [2.75, 3.05) is 23.7 Å². The number of imidazole rings is 1. The van der Waals surface area contributed by atoms with Crippen molar-refractivity contribution in [2.24, 2.45) is 0 Å². The molecule has 4 amide bonds. The van der Waals surface area contributed by atoms with Crippen LogP contribution >= 0.6 is 0 Å². The van der Waals surface area contributed by atoms with Crippen molar-refractivity contribution >= 4 is 35.0 Å². The van der Waals surface area contributed by atoms with Gasteiger partial charge in [-0.1, -0.05) is 0 Å². The smallest absolute Gasteiger partial charge is 0.321 e. The van der Waals surface area contributed by atoms with E-state index in [-0.39, 0.29) is 23.4 Å². The van der Waals surface area contributed by atoms with Gasteiger partial charge >= 0.3 is 6.03 Å².